The zero-order chi connectivity index (χ0) is 25.3. The van der Waals surface area contributed by atoms with E-state index >= 15 is 0 Å². The van der Waals surface area contributed by atoms with Gasteiger partial charge in [-0.25, -0.2) is 13.4 Å². The van der Waals surface area contributed by atoms with Crippen molar-refractivity contribution in [3.8, 4) is 23.3 Å². The molecule has 1 unspecified atom stereocenters. The fraction of sp³-hybridized carbons (Fsp3) is 0.208. The molecule has 1 aliphatic heterocycles. The van der Waals surface area contributed by atoms with Crippen molar-refractivity contribution in [3.63, 3.8) is 0 Å². The second kappa shape index (κ2) is 9.27. The quantitative estimate of drug-likeness (QED) is 0.346. The number of nitrogens with one attached hydrogen (secondary N) is 3. The first kappa shape index (κ1) is 23.3. The number of fused-ring (bicyclic) bond motifs is 1. The number of anilines is 1. The summed E-state index contributed by atoms with van der Waals surface area (Å²) >= 11 is 0. The van der Waals surface area contributed by atoms with E-state index in [0.717, 1.165) is 5.56 Å². The molecule has 0 radical (unpaired) electrons. The standard InChI is InChI=1S/C24H21N7O4S/c1-14-2-3-17(10-25)20(8-14)36(33,34)31-18-6-4-16(5-7-18)22-28-23-19(12-27-30-23)24(29-22)35-13-15-9-21(32)26-11-15/h2-8,12,15,31H,9,11,13H2,1H3,(H,26,32)(H,27,28,29,30). The summed E-state index contributed by atoms with van der Waals surface area (Å²) in [5.41, 5.74) is 2.23. The Morgan fingerprint density at radius 2 is 2.00 bits per heavy atom. The lowest BCUT2D eigenvalue weighted by Gasteiger charge is -2.12. The molecule has 0 spiro atoms. The average molecular weight is 504 g/mol. The van der Waals surface area contributed by atoms with Gasteiger partial charge >= 0.3 is 0 Å². The lowest BCUT2D eigenvalue weighted by Crippen LogP contribution is -2.17. The van der Waals surface area contributed by atoms with Crippen LogP contribution in [0, 0.1) is 24.2 Å². The van der Waals surface area contributed by atoms with E-state index in [9.17, 15) is 18.5 Å². The van der Waals surface area contributed by atoms with Crippen molar-refractivity contribution >= 4 is 32.7 Å². The summed E-state index contributed by atoms with van der Waals surface area (Å²) in [5, 5.41) is 19.5. The Hall–Kier alpha value is -4.50. The van der Waals surface area contributed by atoms with E-state index in [2.05, 4.69) is 30.2 Å². The molecular formula is C24H21N7O4S. The minimum atomic E-state index is -3.97. The number of ether oxygens (including phenoxy) is 1. The number of aryl methyl sites for hydroxylation is 1. The van der Waals surface area contributed by atoms with Crippen LogP contribution >= 0.6 is 0 Å². The summed E-state index contributed by atoms with van der Waals surface area (Å²) in [5.74, 6) is 0.765. The van der Waals surface area contributed by atoms with E-state index in [4.69, 9.17) is 4.74 Å². The molecule has 5 rings (SSSR count). The third-order valence-corrected chi connectivity index (χ3v) is 7.16. The number of carbonyl (C=O) groups excluding carboxylic acids is 1. The molecule has 1 saturated heterocycles. The molecule has 2 aromatic carbocycles. The molecule has 0 saturated carbocycles. The van der Waals surface area contributed by atoms with Gasteiger partial charge < -0.3 is 10.1 Å². The fourth-order valence-corrected chi connectivity index (χ4v) is 5.17. The van der Waals surface area contributed by atoms with Gasteiger partial charge in [-0.15, -0.1) is 0 Å². The minimum Gasteiger partial charge on any atom is -0.477 e. The summed E-state index contributed by atoms with van der Waals surface area (Å²) in [7, 11) is -3.97. The number of carbonyl (C=O) groups is 1. The topological polar surface area (TPSA) is 163 Å². The second-order valence-electron chi connectivity index (χ2n) is 8.46. The lowest BCUT2D eigenvalue weighted by molar-refractivity contribution is -0.119. The maximum absolute atomic E-state index is 12.9. The Labute approximate surface area is 206 Å². The summed E-state index contributed by atoms with van der Waals surface area (Å²) in [4.78, 5) is 20.4. The maximum atomic E-state index is 12.9. The number of H-pyrrole nitrogens is 1. The molecule has 1 fully saturated rings. The van der Waals surface area contributed by atoms with Crippen LogP contribution in [-0.4, -0.2) is 47.6 Å². The van der Waals surface area contributed by atoms with E-state index in [1.54, 1.807) is 43.5 Å². The van der Waals surface area contributed by atoms with Crippen molar-refractivity contribution in [2.24, 2.45) is 5.92 Å². The van der Waals surface area contributed by atoms with Crippen molar-refractivity contribution in [1.82, 2.24) is 25.5 Å². The molecule has 3 N–H and O–H groups in total. The Balaban J connectivity index is 1.38. The van der Waals surface area contributed by atoms with Crippen LogP contribution in [0.2, 0.25) is 0 Å². The largest absolute Gasteiger partial charge is 0.477 e. The molecule has 2 aromatic heterocycles. The number of aromatic amines is 1. The average Bonchev–Trinajstić information content (AvgIpc) is 3.51. The van der Waals surface area contributed by atoms with E-state index < -0.39 is 10.0 Å². The number of sulfonamides is 1. The summed E-state index contributed by atoms with van der Waals surface area (Å²) in [6.07, 6.45) is 1.98. The zero-order valence-electron chi connectivity index (χ0n) is 19.1. The van der Waals surface area contributed by atoms with Gasteiger partial charge in [-0.1, -0.05) is 6.07 Å². The molecule has 36 heavy (non-hydrogen) atoms. The second-order valence-corrected chi connectivity index (χ2v) is 10.1. The van der Waals surface area contributed by atoms with Crippen LogP contribution in [0.1, 0.15) is 17.5 Å². The number of amides is 1. The van der Waals surface area contributed by atoms with Crippen molar-refractivity contribution in [3.05, 3.63) is 59.8 Å². The number of hydrogen-bond donors (Lipinski definition) is 3. The first-order chi connectivity index (χ1) is 17.3. The van der Waals surface area contributed by atoms with Gasteiger partial charge in [0.15, 0.2) is 11.5 Å². The monoisotopic (exact) mass is 503 g/mol. The highest BCUT2D eigenvalue weighted by Gasteiger charge is 2.23. The van der Waals surface area contributed by atoms with Gasteiger partial charge in [-0.2, -0.15) is 15.3 Å². The van der Waals surface area contributed by atoms with Gasteiger partial charge in [-0.05, 0) is 48.9 Å². The van der Waals surface area contributed by atoms with E-state index in [0.29, 0.717) is 53.6 Å². The molecule has 3 heterocycles. The van der Waals surface area contributed by atoms with E-state index in [1.807, 2.05) is 6.07 Å². The van der Waals surface area contributed by atoms with Gasteiger partial charge in [0, 0.05) is 30.1 Å². The third kappa shape index (κ3) is 4.69. The lowest BCUT2D eigenvalue weighted by atomic mass is 10.1. The van der Waals surface area contributed by atoms with Gasteiger partial charge in [-0.3, -0.25) is 14.6 Å². The fourth-order valence-electron chi connectivity index (χ4n) is 3.87. The molecule has 11 nitrogen and oxygen atoms in total. The molecule has 1 aliphatic rings. The van der Waals surface area contributed by atoms with Gasteiger partial charge in [0.2, 0.25) is 11.8 Å². The van der Waals surface area contributed by atoms with Crippen LogP contribution in [0.3, 0.4) is 0 Å². The highest BCUT2D eigenvalue weighted by molar-refractivity contribution is 7.92. The molecule has 1 amide bonds. The minimum absolute atomic E-state index is 0.00222. The molecule has 12 heteroatoms. The van der Waals surface area contributed by atoms with Gasteiger partial charge in [0.25, 0.3) is 10.0 Å². The Morgan fingerprint density at radius 1 is 1.19 bits per heavy atom. The molecule has 0 aliphatic carbocycles. The van der Waals surface area contributed by atoms with Gasteiger partial charge in [0.05, 0.1) is 18.4 Å². The van der Waals surface area contributed by atoms with Crippen LogP contribution in [0.5, 0.6) is 5.88 Å². The summed E-state index contributed by atoms with van der Waals surface area (Å²) in [6.45, 7) is 2.63. The van der Waals surface area contributed by atoms with Crippen LogP contribution in [0.25, 0.3) is 22.4 Å². The normalized spacial score (nSPS) is 15.4. The maximum Gasteiger partial charge on any atom is 0.263 e. The van der Waals surface area contributed by atoms with E-state index in [-0.39, 0.29) is 22.3 Å². The van der Waals surface area contributed by atoms with Crippen LogP contribution in [-0.2, 0) is 14.8 Å². The number of nitriles is 1. The van der Waals surface area contributed by atoms with Crippen molar-refractivity contribution < 1.29 is 17.9 Å². The SMILES string of the molecule is Cc1ccc(C#N)c(S(=O)(=O)Nc2ccc(-c3nc(OCC4CNC(=O)C4)c4cn[nH]c4n3)cc2)c1. The van der Waals surface area contributed by atoms with Gasteiger partial charge in [0.1, 0.15) is 16.4 Å². The Morgan fingerprint density at radius 3 is 2.72 bits per heavy atom. The smallest absolute Gasteiger partial charge is 0.263 e. The van der Waals surface area contributed by atoms with Crippen molar-refractivity contribution in [1.29, 1.82) is 5.26 Å². The summed E-state index contributed by atoms with van der Waals surface area (Å²) < 4.78 is 34.3. The number of rotatable bonds is 7. The predicted molar refractivity (Wildman–Crippen MR) is 130 cm³/mol. The number of aromatic nitrogens is 4. The number of hydrogen-bond acceptors (Lipinski definition) is 8. The molecule has 4 aromatic rings. The Bertz CT molecular complexity index is 1610. The molecule has 1 atom stereocenters. The van der Waals surface area contributed by atoms with Crippen molar-refractivity contribution in [2.45, 2.75) is 18.2 Å². The van der Waals surface area contributed by atoms with Crippen molar-refractivity contribution in [2.75, 3.05) is 17.9 Å². The molecular weight excluding hydrogens is 482 g/mol. The van der Waals surface area contributed by atoms with E-state index in [1.165, 1.54) is 12.1 Å². The zero-order valence-corrected chi connectivity index (χ0v) is 20.0. The van der Waals surface area contributed by atoms with Crippen LogP contribution in [0.15, 0.2) is 53.6 Å². The Kier molecular flexibility index (Phi) is 5.99. The molecule has 182 valence electrons. The highest BCUT2D eigenvalue weighted by Crippen LogP contribution is 2.28. The number of nitrogens with zero attached hydrogens (tertiary/aromatic N) is 4. The third-order valence-electron chi connectivity index (χ3n) is 5.73. The molecule has 0 bridgehead atoms. The first-order valence-corrected chi connectivity index (χ1v) is 12.6. The van der Waals surface area contributed by atoms with Crippen LogP contribution < -0.4 is 14.8 Å². The van der Waals surface area contributed by atoms with Crippen LogP contribution in [0.4, 0.5) is 5.69 Å². The summed E-state index contributed by atoms with van der Waals surface area (Å²) in [6, 6.07) is 13.1. The highest BCUT2D eigenvalue weighted by atomic mass is 32.2. The number of benzene rings is 2. The first-order valence-electron chi connectivity index (χ1n) is 11.1. The predicted octanol–water partition coefficient (Wildman–Crippen LogP) is 2.52.